The van der Waals surface area contributed by atoms with Gasteiger partial charge in [0, 0.05) is 29.4 Å². The summed E-state index contributed by atoms with van der Waals surface area (Å²) >= 11 is 0. The van der Waals surface area contributed by atoms with Gasteiger partial charge in [-0.2, -0.15) is 13.2 Å². The van der Waals surface area contributed by atoms with Crippen molar-refractivity contribution >= 4 is 11.7 Å². The molecule has 0 atom stereocenters. The smallest absolute Gasteiger partial charge is 0.417 e. The Kier molecular flexibility index (Phi) is 6.15. The largest absolute Gasteiger partial charge is 0.478 e. The molecule has 3 heterocycles. The number of fused-ring (bicyclic) bond motifs is 4. The van der Waals surface area contributed by atoms with Gasteiger partial charge in [-0.05, 0) is 67.6 Å². The zero-order valence-corrected chi connectivity index (χ0v) is 22.1. The molecule has 0 unspecified atom stereocenters. The minimum atomic E-state index is -4.39. The molecule has 4 aliphatic rings. The van der Waals surface area contributed by atoms with Crippen LogP contribution in [0.3, 0.4) is 0 Å². The van der Waals surface area contributed by atoms with Crippen LogP contribution in [-0.2, 0) is 16.4 Å². The molecule has 1 aliphatic heterocycles. The average molecular weight is 537 g/mol. The number of nitrogens with zero attached hydrogens (tertiary/aromatic N) is 4. The van der Waals surface area contributed by atoms with Crippen LogP contribution >= 0.6 is 0 Å². The van der Waals surface area contributed by atoms with Crippen LogP contribution in [0.5, 0.6) is 5.75 Å². The molecule has 204 valence electrons. The molecule has 2 aromatic heterocycles. The molecule has 1 aromatic carbocycles. The van der Waals surface area contributed by atoms with Crippen molar-refractivity contribution in [1.29, 1.82) is 0 Å². The molecule has 3 fully saturated rings. The normalized spacial score (nSPS) is 24.6. The summed E-state index contributed by atoms with van der Waals surface area (Å²) in [5.74, 6) is 1.75. The average Bonchev–Trinajstić information content (AvgIpc) is 2.95. The van der Waals surface area contributed by atoms with Crippen LogP contribution in [0.2, 0.25) is 0 Å². The fourth-order valence-electron chi connectivity index (χ4n) is 6.58. The Hall–Kier alpha value is -3.49. The monoisotopic (exact) mass is 536 g/mol. The molecule has 3 aromatic rings. The van der Waals surface area contributed by atoms with Crippen LogP contribution in [0.1, 0.15) is 75.1 Å². The Balaban J connectivity index is 1.25. The summed E-state index contributed by atoms with van der Waals surface area (Å²) in [6.45, 7) is 4.75. The Morgan fingerprint density at radius 1 is 0.974 bits per heavy atom. The number of ether oxygens (including phenoxy) is 1. The van der Waals surface area contributed by atoms with Gasteiger partial charge in [-0.15, -0.1) is 0 Å². The van der Waals surface area contributed by atoms with E-state index in [1.54, 1.807) is 17.2 Å². The van der Waals surface area contributed by atoms with Gasteiger partial charge >= 0.3 is 6.18 Å². The molecule has 1 amide bonds. The summed E-state index contributed by atoms with van der Waals surface area (Å²) in [5, 5.41) is 0. The van der Waals surface area contributed by atoms with Gasteiger partial charge in [0.25, 0.3) is 5.91 Å². The van der Waals surface area contributed by atoms with Crippen LogP contribution in [0.4, 0.5) is 19.0 Å². The molecule has 0 saturated heterocycles. The number of alkyl halides is 3. The van der Waals surface area contributed by atoms with Crippen molar-refractivity contribution in [1.82, 2.24) is 15.0 Å². The third-order valence-corrected chi connectivity index (χ3v) is 9.00. The predicted octanol–water partition coefficient (Wildman–Crippen LogP) is 6.70. The first-order valence-electron chi connectivity index (χ1n) is 13.5. The molecule has 0 N–H and O–H groups in total. The molecule has 3 saturated carbocycles. The number of carbonyl (C=O) groups excluding carboxylic acids is 1. The number of rotatable bonds is 5. The van der Waals surface area contributed by atoms with Crippen molar-refractivity contribution in [2.24, 2.45) is 5.41 Å². The second-order valence-electron chi connectivity index (χ2n) is 11.6. The number of halogens is 3. The highest BCUT2D eigenvalue weighted by atomic mass is 19.4. The number of amides is 1. The van der Waals surface area contributed by atoms with Gasteiger partial charge in [-0.1, -0.05) is 38.1 Å². The second kappa shape index (κ2) is 9.31. The summed E-state index contributed by atoms with van der Waals surface area (Å²) in [4.78, 5) is 28.6. The number of hydrogen-bond acceptors (Lipinski definition) is 5. The lowest BCUT2D eigenvalue weighted by Gasteiger charge is -2.54. The first-order valence-corrected chi connectivity index (χ1v) is 13.5. The van der Waals surface area contributed by atoms with E-state index in [1.807, 2.05) is 18.2 Å². The van der Waals surface area contributed by atoms with E-state index in [0.717, 1.165) is 67.6 Å². The molecular formula is C30H31F3N4O2. The van der Waals surface area contributed by atoms with E-state index >= 15 is 0 Å². The van der Waals surface area contributed by atoms with E-state index in [4.69, 9.17) is 9.72 Å². The van der Waals surface area contributed by atoms with Crippen LogP contribution in [-0.4, -0.2) is 34.0 Å². The minimum absolute atomic E-state index is 0.0478. The van der Waals surface area contributed by atoms with Crippen molar-refractivity contribution in [3.63, 3.8) is 0 Å². The zero-order chi connectivity index (χ0) is 27.4. The van der Waals surface area contributed by atoms with E-state index in [-0.39, 0.29) is 29.3 Å². The maximum absolute atomic E-state index is 13.2. The Bertz CT molecular complexity index is 1380. The standard InChI is InChI=1S/C30H31F3N4O2/c1-19(2)21-5-3-4-6-22(21)26-35-16-23-27(36-26)37(25(38)17-39-23)18-28-9-12-29(13-10-28,14-11-28)24-8-7-20(15-34-24)30(31,32)33/h3-8,15-16,19H,9-14,17-18H2,1-2H3. The van der Waals surface area contributed by atoms with Gasteiger partial charge in [0.05, 0.1) is 11.8 Å². The molecular weight excluding hydrogens is 505 g/mol. The van der Waals surface area contributed by atoms with Gasteiger partial charge in [-0.3, -0.25) is 14.7 Å². The highest BCUT2D eigenvalue weighted by molar-refractivity contribution is 5.97. The SMILES string of the molecule is CC(C)c1ccccc1-c1ncc2c(n1)N(CC13CCC(c4ccc(C(F)(F)F)cn4)(CC1)CC3)C(=O)CO2. The molecule has 6 nitrogen and oxygen atoms in total. The van der Waals surface area contributed by atoms with E-state index in [0.29, 0.717) is 23.9 Å². The molecule has 39 heavy (non-hydrogen) atoms. The maximum atomic E-state index is 13.2. The Morgan fingerprint density at radius 2 is 1.69 bits per heavy atom. The lowest BCUT2D eigenvalue weighted by Crippen LogP contribution is -2.52. The number of pyridine rings is 1. The number of anilines is 1. The maximum Gasteiger partial charge on any atom is 0.417 e. The Labute approximate surface area is 225 Å². The van der Waals surface area contributed by atoms with Crippen LogP contribution in [0.15, 0.2) is 48.8 Å². The predicted molar refractivity (Wildman–Crippen MR) is 140 cm³/mol. The van der Waals surface area contributed by atoms with Gasteiger partial charge in [0.1, 0.15) is 0 Å². The fourth-order valence-corrected chi connectivity index (χ4v) is 6.58. The third kappa shape index (κ3) is 4.55. The van der Waals surface area contributed by atoms with Crippen LogP contribution in [0.25, 0.3) is 11.4 Å². The molecule has 9 heteroatoms. The van der Waals surface area contributed by atoms with E-state index in [1.165, 1.54) is 0 Å². The van der Waals surface area contributed by atoms with Crippen molar-refractivity contribution < 1.29 is 22.7 Å². The van der Waals surface area contributed by atoms with Crippen molar-refractivity contribution in [2.75, 3.05) is 18.1 Å². The van der Waals surface area contributed by atoms with E-state index in [2.05, 4.69) is 29.9 Å². The lowest BCUT2D eigenvalue weighted by atomic mass is 9.52. The minimum Gasteiger partial charge on any atom is -0.478 e. The topological polar surface area (TPSA) is 68.2 Å². The van der Waals surface area contributed by atoms with Gasteiger partial charge < -0.3 is 4.74 Å². The molecule has 3 aliphatic carbocycles. The number of hydrogen-bond donors (Lipinski definition) is 0. The van der Waals surface area contributed by atoms with Crippen molar-refractivity contribution in [3.8, 4) is 17.1 Å². The molecule has 7 rings (SSSR count). The van der Waals surface area contributed by atoms with Gasteiger partial charge in [0.2, 0.25) is 0 Å². The summed E-state index contributed by atoms with van der Waals surface area (Å²) < 4.78 is 44.8. The molecule has 0 spiro atoms. The van der Waals surface area contributed by atoms with Crippen molar-refractivity contribution in [2.45, 2.75) is 69.9 Å². The first-order chi connectivity index (χ1) is 18.6. The first kappa shape index (κ1) is 25.8. The number of benzene rings is 1. The summed E-state index contributed by atoms with van der Waals surface area (Å²) in [5.41, 5.74) is 1.84. The summed E-state index contributed by atoms with van der Waals surface area (Å²) in [7, 11) is 0. The lowest BCUT2D eigenvalue weighted by molar-refractivity contribution is -0.137. The number of carbonyl (C=O) groups is 1. The third-order valence-electron chi connectivity index (χ3n) is 9.00. The molecule has 2 bridgehead atoms. The Morgan fingerprint density at radius 3 is 2.33 bits per heavy atom. The highest BCUT2D eigenvalue weighted by Gasteiger charge is 2.51. The van der Waals surface area contributed by atoms with E-state index in [9.17, 15) is 18.0 Å². The number of aromatic nitrogens is 3. The zero-order valence-electron chi connectivity index (χ0n) is 22.1. The quantitative estimate of drug-likeness (QED) is 0.363. The summed E-state index contributed by atoms with van der Waals surface area (Å²) in [6.07, 6.45) is 3.39. The van der Waals surface area contributed by atoms with Gasteiger partial charge in [0.15, 0.2) is 24.0 Å². The molecule has 0 radical (unpaired) electrons. The fraction of sp³-hybridized carbons (Fsp3) is 0.467. The van der Waals surface area contributed by atoms with Crippen LogP contribution < -0.4 is 9.64 Å². The van der Waals surface area contributed by atoms with E-state index < -0.39 is 11.7 Å². The second-order valence-corrected chi connectivity index (χ2v) is 11.6. The van der Waals surface area contributed by atoms with Crippen LogP contribution in [0, 0.1) is 5.41 Å². The summed E-state index contributed by atoms with van der Waals surface area (Å²) in [6, 6.07) is 10.7. The van der Waals surface area contributed by atoms with Gasteiger partial charge in [-0.25, -0.2) is 9.97 Å². The highest BCUT2D eigenvalue weighted by Crippen LogP contribution is 2.58. The van der Waals surface area contributed by atoms with Crippen molar-refractivity contribution in [3.05, 3.63) is 65.6 Å².